The van der Waals surface area contributed by atoms with Crippen LogP contribution in [-0.2, 0) is 16.1 Å². The molecule has 0 bridgehead atoms. The second-order valence-corrected chi connectivity index (χ2v) is 9.58. The van der Waals surface area contributed by atoms with Crippen molar-refractivity contribution in [1.82, 2.24) is 30.1 Å². The smallest absolute Gasteiger partial charge is 0.271 e. The largest absolute Gasteiger partial charge is 0.494 e. The summed E-state index contributed by atoms with van der Waals surface area (Å²) in [6.45, 7) is 1.71. The molecule has 5 rings (SSSR count). The molecule has 40 heavy (non-hydrogen) atoms. The number of para-hydroxylation sites is 1. The quantitative estimate of drug-likeness (QED) is 0.351. The minimum Gasteiger partial charge on any atom is -0.494 e. The van der Waals surface area contributed by atoms with Crippen molar-refractivity contribution in [2.75, 3.05) is 43.9 Å². The first-order valence-corrected chi connectivity index (χ1v) is 12.7. The number of carbonyl (C=O) groups excluding carboxylic acids is 3. The number of carbonyl (C=O) groups is 3. The third kappa shape index (κ3) is 5.71. The zero-order valence-corrected chi connectivity index (χ0v) is 22.1. The number of nitrogens with zero attached hydrogens (tertiary/aromatic N) is 6. The molecule has 1 saturated carbocycles. The fourth-order valence-corrected chi connectivity index (χ4v) is 4.39. The number of ether oxygens (including phenoxy) is 1. The lowest BCUT2D eigenvalue weighted by Gasteiger charge is -2.33. The first-order valence-electron chi connectivity index (χ1n) is 14.2. The lowest BCUT2D eigenvalue weighted by atomic mass is 10.1. The molecule has 2 aliphatic rings. The summed E-state index contributed by atoms with van der Waals surface area (Å²) >= 11 is 0. The monoisotopic (exact) mass is 552 g/mol. The number of anilines is 3. The van der Waals surface area contributed by atoms with Crippen LogP contribution in [0.1, 0.15) is 45.8 Å². The van der Waals surface area contributed by atoms with Gasteiger partial charge in [0.15, 0.2) is 23.1 Å². The number of primary amides is 1. The van der Waals surface area contributed by atoms with Crippen LogP contribution in [0.5, 0.6) is 5.75 Å². The van der Waals surface area contributed by atoms with Gasteiger partial charge in [-0.1, -0.05) is 11.2 Å². The van der Waals surface area contributed by atoms with E-state index in [1.54, 1.807) is 30.0 Å². The molecule has 210 valence electrons. The van der Waals surface area contributed by atoms with Gasteiger partial charge in [0.25, 0.3) is 11.8 Å². The molecule has 14 nitrogen and oxygen atoms in total. The molecule has 3 heterocycles. The summed E-state index contributed by atoms with van der Waals surface area (Å²) in [5.41, 5.74) is 5.06. The molecule has 4 N–H and O–H groups in total. The van der Waals surface area contributed by atoms with Crippen molar-refractivity contribution < 1.29 is 27.8 Å². The maximum atomic E-state index is 12.5. The van der Waals surface area contributed by atoms with Crippen molar-refractivity contribution in [3.63, 3.8) is 0 Å². The Morgan fingerprint density at radius 2 is 1.98 bits per heavy atom. The summed E-state index contributed by atoms with van der Waals surface area (Å²) in [5, 5.41) is 17.2. The van der Waals surface area contributed by atoms with Gasteiger partial charge in [0.2, 0.25) is 11.8 Å². The van der Waals surface area contributed by atoms with E-state index >= 15 is 0 Å². The molecule has 1 aliphatic carbocycles. The minimum absolute atomic E-state index is 0.0396. The molecule has 1 aliphatic heterocycles. The van der Waals surface area contributed by atoms with E-state index < -0.39 is 24.0 Å². The first-order chi connectivity index (χ1) is 20.5. The molecular formula is C26H31N9O5. The molecule has 2 aromatic heterocycles. The highest BCUT2D eigenvalue weighted by Crippen LogP contribution is 2.39. The van der Waals surface area contributed by atoms with E-state index in [4.69, 9.17) is 19.1 Å². The molecule has 0 spiro atoms. The van der Waals surface area contributed by atoms with Crippen LogP contribution in [0.2, 0.25) is 0 Å². The average molecular weight is 553 g/mol. The lowest BCUT2D eigenvalue weighted by molar-refractivity contribution is -0.130. The Hall–Kier alpha value is -4.59. The highest BCUT2D eigenvalue weighted by atomic mass is 16.5. The predicted octanol–water partition coefficient (Wildman–Crippen LogP) is 1.70. The van der Waals surface area contributed by atoms with Crippen molar-refractivity contribution in [3.05, 3.63) is 35.3 Å². The fraction of sp³-hybridized carbons (Fsp3) is 0.423. The van der Waals surface area contributed by atoms with Gasteiger partial charge in [-0.15, -0.1) is 10.2 Å². The van der Waals surface area contributed by atoms with Crippen LogP contribution in [0.25, 0.3) is 11.5 Å². The molecule has 0 atom stereocenters. The minimum atomic E-state index is -2.82. The predicted molar refractivity (Wildman–Crippen MR) is 144 cm³/mol. The highest BCUT2D eigenvalue weighted by molar-refractivity contribution is 6.00. The maximum Gasteiger partial charge on any atom is 0.271 e. The number of aromatic nitrogens is 4. The van der Waals surface area contributed by atoms with Crippen LogP contribution in [0.3, 0.4) is 0 Å². The number of hydrogen-bond donors (Lipinski definition) is 3. The molecule has 0 radical (unpaired) electrons. The topological polar surface area (TPSA) is 182 Å². The Labute approximate surface area is 234 Å². The number of rotatable bonds is 9. The second kappa shape index (κ2) is 11.3. The molecule has 1 aromatic carbocycles. The third-order valence-electron chi connectivity index (χ3n) is 6.76. The Bertz CT molecular complexity index is 1550. The van der Waals surface area contributed by atoms with Gasteiger partial charge in [-0.3, -0.25) is 19.3 Å². The Balaban J connectivity index is 1.46. The van der Waals surface area contributed by atoms with E-state index in [-0.39, 0.29) is 46.6 Å². The van der Waals surface area contributed by atoms with E-state index in [0.29, 0.717) is 57.0 Å². The Morgan fingerprint density at radius 3 is 2.62 bits per heavy atom. The standard InChI is InChI=1S/C26H31N9O5/c1-14-20(21(23(27)37)31-32-24(14)30-25(38)16-7-8-16)28-18-6-4-5-17(22(18)39-3)26-29-19(33-40-26)13-34-9-11-35(12-10-34)15(2)36/h4-6,16H,7-13H2,1-3H3,(H2,27,37)(H2,28,30,32,38)/i1D3. The van der Waals surface area contributed by atoms with E-state index in [9.17, 15) is 14.4 Å². The molecule has 2 fully saturated rings. The van der Waals surface area contributed by atoms with Gasteiger partial charge < -0.3 is 30.5 Å². The van der Waals surface area contributed by atoms with Crippen LogP contribution in [0, 0.1) is 12.8 Å². The van der Waals surface area contributed by atoms with Crippen LogP contribution in [0.4, 0.5) is 17.2 Å². The fourth-order valence-electron chi connectivity index (χ4n) is 4.39. The number of benzene rings is 1. The van der Waals surface area contributed by atoms with E-state index in [2.05, 4.69) is 35.9 Å². The number of amides is 3. The van der Waals surface area contributed by atoms with Crippen LogP contribution in [0.15, 0.2) is 22.7 Å². The highest BCUT2D eigenvalue weighted by Gasteiger charge is 2.31. The van der Waals surface area contributed by atoms with Crippen molar-refractivity contribution >= 4 is 34.9 Å². The summed E-state index contributed by atoms with van der Waals surface area (Å²) in [6, 6.07) is 4.91. The lowest BCUT2D eigenvalue weighted by Crippen LogP contribution is -2.47. The summed E-state index contributed by atoms with van der Waals surface area (Å²) < 4.78 is 35.7. The number of piperazine rings is 1. The molecule has 3 aromatic rings. The van der Waals surface area contributed by atoms with Gasteiger partial charge in [0.1, 0.15) is 0 Å². The van der Waals surface area contributed by atoms with Crippen LogP contribution >= 0.6 is 0 Å². The summed E-state index contributed by atoms with van der Waals surface area (Å²) in [5.74, 6) is -1.12. The molecule has 0 unspecified atom stereocenters. The maximum absolute atomic E-state index is 12.5. The Morgan fingerprint density at radius 1 is 1.20 bits per heavy atom. The normalized spacial score (nSPS) is 16.9. The van der Waals surface area contributed by atoms with Gasteiger partial charge in [0.05, 0.1) is 30.6 Å². The van der Waals surface area contributed by atoms with Gasteiger partial charge in [0, 0.05) is 48.7 Å². The number of methoxy groups -OCH3 is 1. The SMILES string of the molecule is [2H]C([2H])([2H])c1c(NC(=O)C2CC2)nnc(C(N)=O)c1Nc1cccc(-c2nc(CN3CCN(C(C)=O)CC3)no2)c1OC. The number of hydrogen-bond acceptors (Lipinski definition) is 11. The van der Waals surface area contributed by atoms with Gasteiger partial charge in [-0.05, 0) is 31.8 Å². The summed E-state index contributed by atoms with van der Waals surface area (Å²) in [4.78, 5) is 44.8. The zero-order chi connectivity index (χ0) is 30.9. The van der Waals surface area contributed by atoms with Crippen molar-refractivity contribution in [2.45, 2.75) is 33.2 Å². The molecular weight excluding hydrogens is 518 g/mol. The van der Waals surface area contributed by atoms with E-state index in [0.717, 1.165) is 0 Å². The molecule has 3 amide bonds. The van der Waals surface area contributed by atoms with Crippen LogP contribution in [-0.4, -0.2) is 81.1 Å². The first kappa shape index (κ1) is 23.3. The molecule has 14 heteroatoms. The van der Waals surface area contributed by atoms with Crippen molar-refractivity contribution in [3.8, 4) is 17.2 Å². The van der Waals surface area contributed by atoms with Crippen molar-refractivity contribution in [1.29, 1.82) is 0 Å². The van der Waals surface area contributed by atoms with E-state index in [1.165, 1.54) is 7.11 Å². The van der Waals surface area contributed by atoms with Gasteiger partial charge >= 0.3 is 0 Å². The van der Waals surface area contributed by atoms with Gasteiger partial charge in [-0.25, -0.2) is 0 Å². The Kier molecular flexibility index (Phi) is 6.56. The summed E-state index contributed by atoms with van der Waals surface area (Å²) in [6.07, 6.45) is 1.37. The molecule has 1 saturated heterocycles. The number of nitrogens with two attached hydrogens (primary N) is 1. The van der Waals surface area contributed by atoms with Gasteiger partial charge in [-0.2, -0.15) is 4.98 Å². The number of nitrogens with one attached hydrogen (secondary N) is 2. The van der Waals surface area contributed by atoms with E-state index in [1.807, 2.05) is 0 Å². The summed E-state index contributed by atoms with van der Waals surface area (Å²) in [7, 11) is 1.40. The van der Waals surface area contributed by atoms with Crippen molar-refractivity contribution in [2.24, 2.45) is 11.7 Å². The second-order valence-electron chi connectivity index (χ2n) is 9.58. The third-order valence-corrected chi connectivity index (χ3v) is 6.76. The zero-order valence-electron chi connectivity index (χ0n) is 25.1. The van der Waals surface area contributed by atoms with Crippen LogP contribution < -0.4 is 21.1 Å². The average Bonchev–Trinajstić information content (AvgIpc) is 3.71.